The average molecular weight is 393 g/mol. The number of hydrogen-bond donors (Lipinski definition) is 5. The first kappa shape index (κ1) is 21.0. The van der Waals surface area contributed by atoms with Gasteiger partial charge < -0.3 is 38.1 Å². The van der Waals surface area contributed by atoms with Gasteiger partial charge in [-0.2, -0.15) is 15.0 Å². The Morgan fingerprint density at radius 1 is 0.750 bits per heavy atom. The molecule has 9 N–H and O–H groups in total. The van der Waals surface area contributed by atoms with Crippen molar-refractivity contribution in [1.82, 2.24) is 15.0 Å². The van der Waals surface area contributed by atoms with Crippen molar-refractivity contribution in [1.29, 1.82) is 0 Å². The van der Waals surface area contributed by atoms with Gasteiger partial charge in [-0.3, -0.25) is 0 Å². The second kappa shape index (κ2) is 8.73. The molecule has 2 saturated heterocycles. The molecule has 0 saturated carbocycles. The van der Waals surface area contributed by atoms with Gasteiger partial charge in [0, 0.05) is 56.4 Å². The van der Waals surface area contributed by atoms with E-state index in [0.29, 0.717) is 49.9 Å². The van der Waals surface area contributed by atoms with Crippen LogP contribution in [0.1, 0.15) is 33.6 Å². The summed E-state index contributed by atoms with van der Waals surface area (Å²) in [5.74, 6) is 2.20. The molecule has 10 heteroatoms. The lowest BCUT2D eigenvalue weighted by molar-refractivity contribution is 0.441. The minimum atomic E-state index is 0.00629. The molecular formula is C18H36N10. The van der Waals surface area contributed by atoms with Crippen LogP contribution in [0.2, 0.25) is 0 Å². The zero-order valence-electron chi connectivity index (χ0n) is 17.3. The van der Waals surface area contributed by atoms with Crippen molar-refractivity contribution in [2.24, 2.45) is 28.9 Å². The molecule has 1 aromatic heterocycles. The third kappa shape index (κ3) is 5.19. The van der Waals surface area contributed by atoms with Crippen LogP contribution in [0.15, 0.2) is 0 Å². The molecule has 0 aromatic carbocycles. The van der Waals surface area contributed by atoms with E-state index in [0.717, 1.165) is 12.8 Å². The Morgan fingerprint density at radius 3 is 1.50 bits per heavy atom. The number of rotatable bonds is 5. The van der Waals surface area contributed by atoms with Gasteiger partial charge in [-0.1, -0.05) is 13.8 Å². The largest absolute Gasteiger partial charge is 0.351 e. The van der Waals surface area contributed by atoms with E-state index in [1.807, 2.05) is 0 Å². The monoisotopic (exact) mass is 392 g/mol. The summed E-state index contributed by atoms with van der Waals surface area (Å²) in [7, 11) is 0. The fraction of sp³-hybridized carbons (Fsp3) is 0.833. The minimum absolute atomic E-state index is 0.00629. The van der Waals surface area contributed by atoms with E-state index in [2.05, 4.69) is 45.9 Å². The Morgan fingerprint density at radius 2 is 1.14 bits per heavy atom. The van der Waals surface area contributed by atoms with E-state index in [4.69, 9.17) is 27.9 Å². The van der Waals surface area contributed by atoms with Crippen LogP contribution in [0.3, 0.4) is 0 Å². The summed E-state index contributed by atoms with van der Waals surface area (Å²) in [6.45, 7) is 9.14. The molecule has 3 rings (SSSR count). The molecule has 0 spiro atoms. The predicted octanol–water partition coefficient (Wildman–Crippen LogP) is -0.943. The van der Waals surface area contributed by atoms with Crippen LogP contribution in [0.4, 0.5) is 17.8 Å². The number of nitrogens with two attached hydrogens (primary N) is 4. The molecule has 10 nitrogen and oxygen atoms in total. The topological polar surface area (TPSA) is 161 Å². The summed E-state index contributed by atoms with van der Waals surface area (Å²) in [6.07, 6.45) is 1.61. The van der Waals surface area contributed by atoms with E-state index < -0.39 is 0 Å². The number of nitrogens with one attached hydrogen (secondary N) is 1. The summed E-state index contributed by atoms with van der Waals surface area (Å²) in [5.41, 5.74) is 24.7. The van der Waals surface area contributed by atoms with Crippen molar-refractivity contribution in [3.8, 4) is 0 Å². The highest BCUT2D eigenvalue weighted by atomic mass is 15.4. The van der Waals surface area contributed by atoms with Crippen LogP contribution in [0.5, 0.6) is 0 Å². The van der Waals surface area contributed by atoms with Crippen LogP contribution in [0, 0.1) is 5.92 Å². The number of hydrogen-bond acceptors (Lipinski definition) is 10. The molecule has 1 aromatic rings. The fourth-order valence-corrected chi connectivity index (χ4v) is 3.76. The fourth-order valence-electron chi connectivity index (χ4n) is 3.76. The van der Waals surface area contributed by atoms with Gasteiger partial charge in [-0.25, -0.2) is 0 Å². The summed E-state index contributed by atoms with van der Waals surface area (Å²) in [6, 6.07) is 0.247. The Balaban J connectivity index is 1.91. The van der Waals surface area contributed by atoms with Crippen LogP contribution < -0.4 is 38.1 Å². The molecule has 3 heterocycles. The van der Waals surface area contributed by atoms with Gasteiger partial charge in [0.25, 0.3) is 0 Å². The third-order valence-electron chi connectivity index (χ3n) is 5.56. The first-order chi connectivity index (χ1) is 13.2. The van der Waals surface area contributed by atoms with Crippen molar-refractivity contribution < 1.29 is 0 Å². The van der Waals surface area contributed by atoms with Crippen LogP contribution in [0.25, 0.3) is 0 Å². The smallest absolute Gasteiger partial charge is 0.232 e. The van der Waals surface area contributed by atoms with Crippen LogP contribution >= 0.6 is 0 Å². The van der Waals surface area contributed by atoms with Gasteiger partial charge in [-0.15, -0.1) is 0 Å². The molecule has 2 aliphatic rings. The molecule has 2 fully saturated rings. The van der Waals surface area contributed by atoms with Crippen molar-refractivity contribution in [3.63, 3.8) is 0 Å². The summed E-state index contributed by atoms with van der Waals surface area (Å²) in [4.78, 5) is 18.2. The highest BCUT2D eigenvalue weighted by Gasteiger charge is 2.29. The van der Waals surface area contributed by atoms with Crippen molar-refractivity contribution in [3.05, 3.63) is 0 Å². The highest BCUT2D eigenvalue weighted by molar-refractivity contribution is 5.47. The minimum Gasteiger partial charge on any atom is -0.351 e. The number of nitrogens with zero attached hydrogens (tertiary/aromatic N) is 5. The number of anilines is 3. The van der Waals surface area contributed by atoms with Crippen molar-refractivity contribution in [2.75, 3.05) is 41.3 Å². The van der Waals surface area contributed by atoms with Crippen LogP contribution in [-0.2, 0) is 0 Å². The molecule has 5 atom stereocenters. The SMILES string of the molecule is CC(C)C(C)Nc1nc(N2CC(N)CC(N)C2)nc(N2CC(N)CC(N)C2)n1. The van der Waals surface area contributed by atoms with E-state index >= 15 is 0 Å². The zero-order chi connectivity index (χ0) is 20.4. The Bertz CT molecular complexity index is 589. The Hall–Kier alpha value is -1.75. The van der Waals surface area contributed by atoms with Gasteiger partial charge >= 0.3 is 0 Å². The lowest BCUT2D eigenvalue weighted by Gasteiger charge is -2.37. The van der Waals surface area contributed by atoms with E-state index in [1.165, 1.54) is 0 Å². The zero-order valence-corrected chi connectivity index (χ0v) is 17.3. The van der Waals surface area contributed by atoms with Crippen molar-refractivity contribution in [2.45, 2.75) is 63.8 Å². The first-order valence-corrected chi connectivity index (χ1v) is 10.3. The molecular weight excluding hydrogens is 356 g/mol. The van der Waals surface area contributed by atoms with Gasteiger partial charge in [0.15, 0.2) is 0 Å². The Labute approximate surface area is 167 Å². The van der Waals surface area contributed by atoms with E-state index in [-0.39, 0.29) is 30.2 Å². The Kier molecular flexibility index (Phi) is 6.54. The summed E-state index contributed by atoms with van der Waals surface area (Å²) >= 11 is 0. The molecule has 0 bridgehead atoms. The highest BCUT2D eigenvalue weighted by Crippen LogP contribution is 2.22. The van der Waals surface area contributed by atoms with Gasteiger partial charge in [0.2, 0.25) is 17.8 Å². The summed E-state index contributed by atoms with van der Waals surface area (Å²) < 4.78 is 0. The molecule has 158 valence electrons. The molecule has 0 amide bonds. The van der Waals surface area contributed by atoms with Crippen molar-refractivity contribution >= 4 is 17.8 Å². The van der Waals surface area contributed by atoms with Gasteiger partial charge in [-0.05, 0) is 25.7 Å². The molecule has 0 aliphatic carbocycles. The molecule has 28 heavy (non-hydrogen) atoms. The maximum absolute atomic E-state index is 6.18. The average Bonchev–Trinajstić information content (AvgIpc) is 2.59. The number of aromatic nitrogens is 3. The molecule has 2 aliphatic heterocycles. The van der Waals surface area contributed by atoms with Crippen LogP contribution in [-0.4, -0.2) is 71.3 Å². The second-order valence-electron chi connectivity index (χ2n) is 8.76. The number of piperidine rings is 2. The predicted molar refractivity (Wildman–Crippen MR) is 113 cm³/mol. The quantitative estimate of drug-likeness (QED) is 0.423. The van der Waals surface area contributed by atoms with E-state index in [1.54, 1.807) is 0 Å². The normalized spacial score (nSPS) is 29.9. The molecule has 0 radical (unpaired) electrons. The third-order valence-corrected chi connectivity index (χ3v) is 5.56. The lowest BCUT2D eigenvalue weighted by Crippen LogP contribution is -2.54. The van der Waals surface area contributed by atoms with E-state index in [9.17, 15) is 0 Å². The standard InChI is InChI=1S/C18H36N10/c1-10(2)11(3)23-16-24-17(27-6-12(19)4-13(20)7-27)26-18(25-16)28-8-14(21)5-15(22)9-28/h10-15H,4-9,19-22H2,1-3H3,(H,23,24,25,26). The molecule has 5 unspecified atom stereocenters. The van der Waals surface area contributed by atoms with Gasteiger partial charge in [0.1, 0.15) is 0 Å². The lowest BCUT2D eigenvalue weighted by atomic mass is 10.0. The summed E-state index contributed by atoms with van der Waals surface area (Å²) in [5, 5.41) is 3.40. The maximum atomic E-state index is 6.18. The first-order valence-electron chi connectivity index (χ1n) is 10.3. The maximum Gasteiger partial charge on any atom is 0.232 e. The second-order valence-corrected chi connectivity index (χ2v) is 8.76. The van der Waals surface area contributed by atoms with Gasteiger partial charge in [0.05, 0.1) is 0 Å².